The van der Waals surface area contributed by atoms with Gasteiger partial charge in [-0.2, -0.15) is 5.26 Å². The fraction of sp³-hybridized carbons (Fsp3) is 0.846. The molecule has 3 nitrogen and oxygen atoms in total. The second kappa shape index (κ2) is 7.60. The van der Waals surface area contributed by atoms with Crippen LogP contribution < -0.4 is 0 Å². The van der Waals surface area contributed by atoms with Crippen molar-refractivity contribution in [3.8, 4) is 6.07 Å². The summed E-state index contributed by atoms with van der Waals surface area (Å²) < 4.78 is 0. The van der Waals surface area contributed by atoms with Crippen LogP contribution in [0.5, 0.6) is 0 Å². The average molecular weight is 257 g/mol. The largest absolute Gasteiger partial charge is 0.480 e. The highest BCUT2D eigenvalue weighted by molar-refractivity contribution is 8.00. The summed E-state index contributed by atoms with van der Waals surface area (Å²) >= 11 is 1.51. The molecule has 0 aromatic carbocycles. The Bertz CT molecular complexity index is 282. The number of nitrogens with zero attached hydrogens (tertiary/aromatic N) is 1. The van der Waals surface area contributed by atoms with Crippen molar-refractivity contribution in [2.45, 2.75) is 52.2 Å². The van der Waals surface area contributed by atoms with Crippen molar-refractivity contribution < 1.29 is 9.90 Å². The van der Waals surface area contributed by atoms with Crippen molar-refractivity contribution in [1.29, 1.82) is 5.26 Å². The zero-order chi connectivity index (χ0) is 13.5. The summed E-state index contributed by atoms with van der Waals surface area (Å²) in [6.07, 6.45) is 2.84. The summed E-state index contributed by atoms with van der Waals surface area (Å²) in [7, 11) is 0. The zero-order valence-electron chi connectivity index (χ0n) is 11.2. The lowest BCUT2D eigenvalue weighted by Crippen LogP contribution is -2.23. The quantitative estimate of drug-likeness (QED) is 0.675. The summed E-state index contributed by atoms with van der Waals surface area (Å²) in [6, 6.07) is 2.28. The van der Waals surface area contributed by atoms with Crippen LogP contribution in [0.4, 0.5) is 0 Å². The standard InChI is InChI=1S/C13H23NO2S/c1-10(2)11(12(15)16)17-8-6-5-7-13(3,4)9-14/h10-11H,5-8H2,1-4H3,(H,15,16). The molecule has 0 spiro atoms. The van der Waals surface area contributed by atoms with Gasteiger partial charge in [-0.25, -0.2) is 0 Å². The Labute approximate surface area is 109 Å². The zero-order valence-corrected chi connectivity index (χ0v) is 12.0. The number of carboxylic acid groups (broad SMARTS) is 1. The molecule has 0 aliphatic carbocycles. The monoisotopic (exact) mass is 257 g/mol. The molecule has 0 bridgehead atoms. The van der Waals surface area contributed by atoms with E-state index < -0.39 is 5.97 Å². The van der Waals surface area contributed by atoms with Gasteiger partial charge in [0.2, 0.25) is 0 Å². The van der Waals surface area contributed by atoms with E-state index in [9.17, 15) is 4.79 Å². The molecule has 0 heterocycles. The van der Waals surface area contributed by atoms with Crippen LogP contribution >= 0.6 is 11.8 Å². The third kappa shape index (κ3) is 7.27. The van der Waals surface area contributed by atoms with E-state index >= 15 is 0 Å². The number of hydrogen-bond donors (Lipinski definition) is 1. The molecule has 0 saturated carbocycles. The Balaban J connectivity index is 3.78. The molecular formula is C13H23NO2S. The number of carbonyl (C=O) groups is 1. The highest BCUT2D eigenvalue weighted by Gasteiger charge is 2.21. The van der Waals surface area contributed by atoms with Gasteiger partial charge in [0.15, 0.2) is 0 Å². The van der Waals surface area contributed by atoms with E-state index in [-0.39, 0.29) is 16.6 Å². The van der Waals surface area contributed by atoms with Crippen molar-refractivity contribution >= 4 is 17.7 Å². The van der Waals surface area contributed by atoms with Crippen molar-refractivity contribution in [1.82, 2.24) is 0 Å². The number of unbranched alkanes of at least 4 members (excludes halogenated alkanes) is 1. The first kappa shape index (κ1) is 16.3. The maximum Gasteiger partial charge on any atom is 0.316 e. The topological polar surface area (TPSA) is 61.1 Å². The van der Waals surface area contributed by atoms with Crippen molar-refractivity contribution in [3.05, 3.63) is 0 Å². The molecule has 98 valence electrons. The third-order valence-electron chi connectivity index (χ3n) is 2.65. The van der Waals surface area contributed by atoms with E-state index in [1.807, 2.05) is 27.7 Å². The molecule has 0 aromatic rings. The molecule has 1 N–H and O–H groups in total. The van der Waals surface area contributed by atoms with Crippen LogP contribution in [-0.2, 0) is 4.79 Å². The van der Waals surface area contributed by atoms with Crippen LogP contribution in [0.2, 0.25) is 0 Å². The molecule has 1 unspecified atom stereocenters. The smallest absolute Gasteiger partial charge is 0.316 e. The van der Waals surface area contributed by atoms with Crippen molar-refractivity contribution in [2.75, 3.05) is 5.75 Å². The van der Waals surface area contributed by atoms with Gasteiger partial charge in [0.1, 0.15) is 5.25 Å². The number of thioether (sulfide) groups is 1. The number of hydrogen-bond acceptors (Lipinski definition) is 3. The third-order valence-corrected chi connectivity index (χ3v) is 4.27. The van der Waals surface area contributed by atoms with Crippen LogP contribution in [0.15, 0.2) is 0 Å². The number of aliphatic carboxylic acids is 1. The molecule has 1 atom stereocenters. The van der Waals surface area contributed by atoms with Gasteiger partial charge < -0.3 is 5.11 Å². The molecule has 0 saturated heterocycles. The normalized spacial score (nSPS) is 13.4. The SMILES string of the molecule is CC(C)C(SCCCCC(C)(C)C#N)C(=O)O. The van der Waals surface area contributed by atoms with Gasteiger partial charge in [-0.05, 0) is 38.4 Å². The molecule has 0 aliphatic heterocycles. The minimum Gasteiger partial charge on any atom is -0.480 e. The van der Waals surface area contributed by atoms with Gasteiger partial charge in [-0.15, -0.1) is 11.8 Å². The van der Waals surface area contributed by atoms with Gasteiger partial charge in [0, 0.05) is 0 Å². The van der Waals surface area contributed by atoms with E-state index in [0.29, 0.717) is 0 Å². The van der Waals surface area contributed by atoms with E-state index in [1.54, 1.807) is 0 Å². The molecule has 0 rings (SSSR count). The van der Waals surface area contributed by atoms with Crippen LogP contribution in [0.1, 0.15) is 47.0 Å². The lowest BCUT2D eigenvalue weighted by Gasteiger charge is -2.17. The molecular weight excluding hydrogens is 234 g/mol. The van der Waals surface area contributed by atoms with E-state index in [0.717, 1.165) is 25.0 Å². The predicted molar refractivity (Wildman–Crippen MR) is 72.0 cm³/mol. The maximum atomic E-state index is 10.9. The lowest BCUT2D eigenvalue weighted by atomic mass is 9.89. The fourth-order valence-corrected chi connectivity index (χ4v) is 2.64. The second-order valence-corrected chi connectivity index (χ2v) is 6.58. The van der Waals surface area contributed by atoms with Crippen LogP contribution in [0, 0.1) is 22.7 Å². The lowest BCUT2D eigenvalue weighted by molar-refractivity contribution is -0.137. The average Bonchev–Trinajstić information content (AvgIpc) is 2.22. The van der Waals surface area contributed by atoms with E-state index in [4.69, 9.17) is 10.4 Å². The molecule has 0 amide bonds. The van der Waals surface area contributed by atoms with Crippen molar-refractivity contribution in [2.24, 2.45) is 11.3 Å². The summed E-state index contributed by atoms with van der Waals surface area (Å²) in [5.41, 5.74) is -0.255. The Hall–Kier alpha value is -0.690. The molecule has 0 radical (unpaired) electrons. The predicted octanol–water partition coefficient (Wildman–Crippen LogP) is 3.55. The van der Waals surface area contributed by atoms with Crippen LogP contribution in [0.3, 0.4) is 0 Å². The minimum atomic E-state index is -0.720. The molecule has 0 aliphatic rings. The molecule has 0 fully saturated rings. The maximum absolute atomic E-state index is 10.9. The van der Waals surface area contributed by atoms with Gasteiger partial charge >= 0.3 is 5.97 Å². The first-order valence-corrected chi connectivity index (χ1v) is 7.10. The summed E-state index contributed by atoms with van der Waals surface area (Å²) in [5.74, 6) is 0.298. The van der Waals surface area contributed by atoms with E-state index in [2.05, 4.69) is 6.07 Å². The van der Waals surface area contributed by atoms with Crippen molar-refractivity contribution in [3.63, 3.8) is 0 Å². The first-order chi connectivity index (χ1) is 7.80. The van der Waals surface area contributed by atoms with Crippen LogP contribution in [0.25, 0.3) is 0 Å². The highest BCUT2D eigenvalue weighted by Crippen LogP contribution is 2.25. The number of nitriles is 1. The van der Waals surface area contributed by atoms with Crippen LogP contribution in [-0.4, -0.2) is 22.1 Å². The van der Waals surface area contributed by atoms with E-state index in [1.165, 1.54) is 11.8 Å². The second-order valence-electron chi connectivity index (χ2n) is 5.33. The molecule has 17 heavy (non-hydrogen) atoms. The minimum absolute atomic E-state index is 0.160. The molecule has 4 heteroatoms. The summed E-state index contributed by atoms with van der Waals surface area (Å²) in [5, 5.41) is 17.5. The number of carboxylic acids is 1. The van der Waals surface area contributed by atoms with Gasteiger partial charge in [0.25, 0.3) is 0 Å². The van der Waals surface area contributed by atoms with Gasteiger partial charge in [-0.1, -0.05) is 20.3 Å². The number of rotatable bonds is 8. The Morgan fingerprint density at radius 1 is 1.41 bits per heavy atom. The Morgan fingerprint density at radius 2 is 2.00 bits per heavy atom. The van der Waals surface area contributed by atoms with Gasteiger partial charge in [0.05, 0.1) is 11.5 Å². The Kier molecular flexibility index (Phi) is 7.29. The first-order valence-electron chi connectivity index (χ1n) is 6.06. The fourth-order valence-electron chi connectivity index (χ4n) is 1.48. The summed E-state index contributed by atoms with van der Waals surface area (Å²) in [6.45, 7) is 7.75. The Morgan fingerprint density at radius 3 is 2.41 bits per heavy atom. The summed E-state index contributed by atoms with van der Waals surface area (Å²) in [4.78, 5) is 10.9. The highest BCUT2D eigenvalue weighted by atomic mass is 32.2. The molecule has 0 aromatic heterocycles. The van der Waals surface area contributed by atoms with Gasteiger partial charge in [-0.3, -0.25) is 4.79 Å².